The second kappa shape index (κ2) is 6.67. The summed E-state index contributed by atoms with van der Waals surface area (Å²) in [5.74, 6) is 2.44. The van der Waals surface area contributed by atoms with Gasteiger partial charge in [-0.15, -0.1) is 0 Å². The SMILES string of the molecule is CC(C)C(=O)CN1CCC(C2CCNCC2)CC1. The van der Waals surface area contributed by atoms with E-state index in [2.05, 4.69) is 10.2 Å². The summed E-state index contributed by atoms with van der Waals surface area (Å²) in [6.07, 6.45) is 5.32. The molecule has 0 bridgehead atoms. The molecule has 3 heteroatoms. The molecule has 0 spiro atoms. The summed E-state index contributed by atoms with van der Waals surface area (Å²) < 4.78 is 0. The van der Waals surface area contributed by atoms with Crippen LogP contribution in [0.25, 0.3) is 0 Å². The average molecular weight is 252 g/mol. The van der Waals surface area contributed by atoms with Crippen molar-refractivity contribution in [3.05, 3.63) is 0 Å². The summed E-state index contributed by atoms with van der Waals surface area (Å²) in [5.41, 5.74) is 0. The highest BCUT2D eigenvalue weighted by Gasteiger charge is 2.28. The summed E-state index contributed by atoms with van der Waals surface area (Å²) in [7, 11) is 0. The Morgan fingerprint density at radius 2 is 1.67 bits per heavy atom. The van der Waals surface area contributed by atoms with E-state index < -0.39 is 0 Å². The fourth-order valence-electron chi connectivity index (χ4n) is 3.30. The van der Waals surface area contributed by atoms with Gasteiger partial charge in [0.05, 0.1) is 6.54 Å². The first-order valence-electron chi connectivity index (χ1n) is 7.62. The van der Waals surface area contributed by atoms with Crippen LogP contribution in [0.3, 0.4) is 0 Å². The first-order valence-corrected chi connectivity index (χ1v) is 7.62. The Balaban J connectivity index is 1.72. The topological polar surface area (TPSA) is 32.3 Å². The van der Waals surface area contributed by atoms with Crippen molar-refractivity contribution in [2.75, 3.05) is 32.7 Å². The van der Waals surface area contributed by atoms with E-state index >= 15 is 0 Å². The summed E-state index contributed by atoms with van der Waals surface area (Å²) in [6.45, 7) is 9.36. The number of hydrogen-bond donors (Lipinski definition) is 1. The quantitative estimate of drug-likeness (QED) is 0.829. The molecule has 2 fully saturated rings. The maximum atomic E-state index is 11.7. The molecular formula is C15H28N2O. The zero-order valence-corrected chi connectivity index (χ0v) is 12.0. The summed E-state index contributed by atoms with van der Waals surface area (Å²) >= 11 is 0. The van der Waals surface area contributed by atoms with E-state index in [9.17, 15) is 4.79 Å². The summed E-state index contributed by atoms with van der Waals surface area (Å²) in [5, 5.41) is 3.45. The van der Waals surface area contributed by atoms with E-state index in [1.165, 1.54) is 38.8 Å². The van der Waals surface area contributed by atoms with E-state index in [1.54, 1.807) is 0 Å². The van der Waals surface area contributed by atoms with Gasteiger partial charge < -0.3 is 5.32 Å². The van der Waals surface area contributed by atoms with Crippen molar-refractivity contribution in [1.82, 2.24) is 10.2 Å². The molecule has 0 aromatic rings. The Morgan fingerprint density at radius 1 is 1.11 bits per heavy atom. The predicted molar refractivity (Wildman–Crippen MR) is 74.6 cm³/mol. The lowest BCUT2D eigenvalue weighted by Gasteiger charge is -2.37. The average Bonchev–Trinajstić information content (AvgIpc) is 2.40. The van der Waals surface area contributed by atoms with Gasteiger partial charge in [-0.25, -0.2) is 0 Å². The Morgan fingerprint density at radius 3 is 2.22 bits per heavy atom. The summed E-state index contributed by atoms with van der Waals surface area (Å²) in [4.78, 5) is 14.1. The van der Waals surface area contributed by atoms with Crippen molar-refractivity contribution in [2.24, 2.45) is 17.8 Å². The fraction of sp³-hybridized carbons (Fsp3) is 0.933. The van der Waals surface area contributed by atoms with Crippen LogP contribution in [0.15, 0.2) is 0 Å². The van der Waals surface area contributed by atoms with Crippen molar-refractivity contribution < 1.29 is 4.79 Å². The van der Waals surface area contributed by atoms with Gasteiger partial charge >= 0.3 is 0 Å². The maximum absolute atomic E-state index is 11.7. The number of ketones is 1. The monoisotopic (exact) mass is 252 g/mol. The number of rotatable bonds is 4. The molecular weight excluding hydrogens is 224 g/mol. The van der Waals surface area contributed by atoms with Gasteiger partial charge in [0.1, 0.15) is 5.78 Å². The molecule has 0 aliphatic carbocycles. The predicted octanol–water partition coefficient (Wildman–Crippen LogP) is 1.92. The highest BCUT2D eigenvalue weighted by molar-refractivity contribution is 5.82. The van der Waals surface area contributed by atoms with Gasteiger partial charge in [0.25, 0.3) is 0 Å². The lowest BCUT2D eigenvalue weighted by atomic mass is 9.79. The van der Waals surface area contributed by atoms with Crippen molar-refractivity contribution in [3.63, 3.8) is 0 Å². The maximum Gasteiger partial charge on any atom is 0.149 e. The molecule has 0 atom stereocenters. The minimum absolute atomic E-state index is 0.187. The molecule has 0 aromatic carbocycles. The van der Waals surface area contributed by atoms with E-state index in [1.807, 2.05) is 13.8 Å². The highest BCUT2D eigenvalue weighted by Crippen LogP contribution is 2.30. The molecule has 104 valence electrons. The molecule has 2 aliphatic heterocycles. The third kappa shape index (κ3) is 3.79. The van der Waals surface area contributed by atoms with Gasteiger partial charge in [-0.2, -0.15) is 0 Å². The molecule has 2 aliphatic rings. The van der Waals surface area contributed by atoms with E-state index in [0.29, 0.717) is 12.3 Å². The number of carbonyl (C=O) groups is 1. The molecule has 2 saturated heterocycles. The zero-order chi connectivity index (χ0) is 13.0. The van der Waals surface area contributed by atoms with E-state index in [-0.39, 0.29) is 5.92 Å². The van der Waals surface area contributed by atoms with Crippen LogP contribution in [0.1, 0.15) is 39.5 Å². The second-order valence-corrected chi connectivity index (χ2v) is 6.32. The van der Waals surface area contributed by atoms with Gasteiger partial charge in [0.15, 0.2) is 0 Å². The van der Waals surface area contributed by atoms with Crippen LogP contribution in [0, 0.1) is 17.8 Å². The van der Waals surface area contributed by atoms with Crippen LogP contribution in [0.2, 0.25) is 0 Å². The Kier molecular flexibility index (Phi) is 5.19. The lowest BCUT2D eigenvalue weighted by Crippen LogP contribution is -2.41. The number of likely N-dealkylation sites (tertiary alicyclic amines) is 1. The number of hydrogen-bond acceptors (Lipinski definition) is 3. The van der Waals surface area contributed by atoms with Crippen molar-refractivity contribution in [3.8, 4) is 0 Å². The third-order valence-electron chi connectivity index (χ3n) is 4.71. The fourth-order valence-corrected chi connectivity index (χ4v) is 3.30. The van der Waals surface area contributed by atoms with E-state index in [4.69, 9.17) is 0 Å². The van der Waals surface area contributed by atoms with Crippen molar-refractivity contribution in [1.29, 1.82) is 0 Å². The van der Waals surface area contributed by atoms with Gasteiger partial charge in [0, 0.05) is 5.92 Å². The molecule has 18 heavy (non-hydrogen) atoms. The zero-order valence-electron chi connectivity index (χ0n) is 12.0. The Labute approximate surface area is 111 Å². The van der Waals surface area contributed by atoms with Crippen molar-refractivity contribution >= 4 is 5.78 Å². The highest BCUT2D eigenvalue weighted by atomic mass is 16.1. The third-order valence-corrected chi connectivity index (χ3v) is 4.71. The lowest BCUT2D eigenvalue weighted by molar-refractivity contribution is -0.123. The number of carbonyl (C=O) groups excluding carboxylic acids is 1. The van der Waals surface area contributed by atoms with Gasteiger partial charge in [-0.3, -0.25) is 9.69 Å². The molecule has 0 saturated carbocycles. The minimum Gasteiger partial charge on any atom is -0.317 e. The number of Topliss-reactive ketones (excluding diaryl/α,β-unsaturated/α-hetero) is 1. The minimum atomic E-state index is 0.187. The number of piperidine rings is 2. The van der Waals surface area contributed by atoms with Crippen LogP contribution in [0.4, 0.5) is 0 Å². The van der Waals surface area contributed by atoms with Gasteiger partial charge in [-0.05, 0) is 63.7 Å². The normalized spacial score (nSPS) is 24.6. The first kappa shape index (κ1) is 14.0. The molecule has 2 heterocycles. The molecule has 0 aromatic heterocycles. The van der Waals surface area contributed by atoms with Crippen molar-refractivity contribution in [2.45, 2.75) is 39.5 Å². The van der Waals surface area contributed by atoms with Gasteiger partial charge in [-0.1, -0.05) is 13.8 Å². The molecule has 0 radical (unpaired) electrons. The van der Waals surface area contributed by atoms with Crippen LogP contribution in [-0.2, 0) is 4.79 Å². The van der Waals surface area contributed by atoms with E-state index in [0.717, 1.165) is 24.9 Å². The number of nitrogens with one attached hydrogen (secondary N) is 1. The first-order chi connectivity index (χ1) is 8.66. The van der Waals surface area contributed by atoms with Gasteiger partial charge in [0.2, 0.25) is 0 Å². The van der Waals surface area contributed by atoms with Crippen LogP contribution in [-0.4, -0.2) is 43.4 Å². The molecule has 2 rings (SSSR count). The molecule has 3 nitrogen and oxygen atoms in total. The van der Waals surface area contributed by atoms with Crippen LogP contribution >= 0.6 is 0 Å². The molecule has 1 N–H and O–H groups in total. The molecule has 0 amide bonds. The second-order valence-electron chi connectivity index (χ2n) is 6.32. The van der Waals surface area contributed by atoms with Crippen LogP contribution in [0.5, 0.6) is 0 Å². The Bertz CT molecular complexity index is 264. The van der Waals surface area contributed by atoms with Crippen LogP contribution < -0.4 is 5.32 Å². The molecule has 0 unspecified atom stereocenters. The smallest absolute Gasteiger partial charge is 0.149 e. The number of nitrogens with zero attached hydrogens (tertiary/aromatic N) is 1. The standard InChI is InChI=1S/C15H28N2O/c1-12(2)15(18)11-17-9-5-14(6-10-17)13-3-7-16-8-4-13/h12-14,16H,3-11H2,1-2H3. The summed E-state index contributed by atoms with van der Waals surface area (Å²) in [6, 6.07) is 0. The largest absolute Gasteiger partial charge is 0.317 e. The Hall–Kier alpha value is -0.410.